The largest absolute Gasteiger partial charge is 0.471 e. The van der Waals surface area contributed by atoms with E-state index in [4.69, 9.17) is 17.3 Å². The third-order valence-corrected chi connectivity index (χ3v) is 2.26. The number of hydrogen-bond donors (Lipinski definition) is 1. The van der Waals surface area contributed by atoms with Crippen LogP contribution < -0.4 is 10.5 Å². The molecule has 0 aliphatic heterocycles. The summed E-state index contributed by atoms with van der Waals surface area (Å²) in [4.78, 5) is 3.69. The van der Waals surface area contributed by atoms with Crippen LogP contribution in [0.1, 0.15) is 13.8 Å². The lowest BCUT2D eigenvalue weighted by atomic mass is 10.4. The molecular formula is C9H12BrClF2N2O. The predicted octanol–water partition coefficient (Wildman–Crippen LogP) is 3.75. The van der Waals surface area contributed by atoms with Gasteiger partial charge >= 0.3 is 0 Å². The van der Waals surface area contributed by atoms with Gasteiger partial charge in [-0.3, -0.25) is 0 Å². The van der Waals surface area contributed by atoms with Gasteiger partial charge in [-0.05, 0) is 22.0 Å². The van der Waals surface area contributed by atoms with E-state index in [0.717, 1.165) is 0 Å². The molecule has 0 atom stereocenters. The minimum absolute atomic E-state index is 0.0321. The van der Waals surface area contributed by atoms with E-state index in [-0.39, 0.29) is 16.7 Å². The lowest BCUT2D eigenvalue weighted by molar-refractivity contribution is 0.0792. The van der Waals surface area contributed by atoms with Gasteiger partial charge in [0.05, 0.1) is 5.69 Å². The van der Waals surface area contributed by atoms with Crippen molar-refractivity contribution in [1.82, 2.24) is 4.98 Å². The predicted molar refractivity (Wildman–Crippen MR) is 64.2 cm³/mol. The molecule has 16 heavy (non-hydrogen) atoms. The van der Waals surface area contributed by atoms with Crippen LogP contribution in [0.4, 0.5) is 14.5 Å². The second-order valence-electron chi connectivity index (χ2n) is 2.36. The van der Waals surface area contributed by atoms with Gasteiger partial charge < -0.3 is 10.5 Å². The van der Waals surface area contributed by atoms with Gasteiger partial charge in [-0.2, -0.15) is 0 Å². The number of aromatic nitrogens is 1. The Hall–Kier alpha value is -0.620. The summed E-state index contributed by atoms with van der Waals surface area (Å²) in [5.41, 5.74) is 5.78. The van der Waals surface area contributed by atoms with E-state index in [2.05, 4.69) is 25.7 Å². The van der Waals surface area contributed by atoms with Gasteiger partial charge in [0.1, 0.15) is 9.63 Å². The SMILES string of the molecule is CC.Nc1cc(Cl)nc(OCC(F)F)c1Br. The van der Waals surface area contributed by atoms with Crippen LogP contribution in [0.25, 0.3) is 0 Å². The van der Waals surface area contributed by atoms with Gasteiger partial charge in [0, 0.05) is 0 Å². The van der Waals surface area contributed by atoms with Crippen molar-refractivity contribution < 1.29 is 13.5 Å². The molecule has 7 heteroatoms. The number of halogens is 4. The average Bonchev–Trinajstić information content (AvgIpc) is 2.24. The van der Waals surface area contributed by atoms with Crippen LogP contribution in [-0.2, 0) is 0 Å². The van der Waals surface area contributed by atoms with Gasteiger partial charge in [-0.1, -0.05) is 25.4 Å². The van der Waals surface area contributed by atoms with Crippen LogP contribution in [0.15, 0.2) is 10.5 Å². The number of rotatable bonds is 3. The molecule has 92 valence electrons. The topological polar surface area (TPSA) is 48.1 Å². The summed E-state index contributed by atoms with van der Waals surface area (Å²) in [5.74, 6) is -0.0321. The minimum Gasteiger partial charge on any atom is -0.471 e. The van der Waals surface area contributed by atoms with Crippen molar-refractivity contribution in [1.29, 1.82) is 0 Å². The molecule has 0 aromatic carbocycles. The zero-order chi connectivity index (χ0) is 12.7. The first kappa shape index (κ1) is 15.4. The molecule has 0 aliphatic rings. The fraction of sp³-hybridized carbons (Fsp3) is 0.444. The van der Waals surface area contributed by atoms with Crippen molar-refractivity contribution in [2.75, 3.05) is 12.3 Å². The van der Waals surface area contributed by atoms with Gasteiger partial charge in [-0.15, -0.1) is 0 Å². The molecule has 0 fully saturated rings. The second-order valence-corrected chi connectivity index (χ2v) is 3.54. The van der Waals surface area contributed by atoms with E-state index in [1.165, 1.54) is 6.07 Å². The van der Waals surface area contributed by atoms with Gasteiger partial charge in [0.2, 0.25) is 5.88 Å². The lowest BCUT2D eigenvalue weighted by Gasteiger charge is -2.08. The molecule has 0 unspecified atom stereocenters. The first-order valence-electron chi connectivity index (χ1n) is 4.53. The Morgan fingerprint density at radius 2 is 2.12 bits per heavy atom. The standard InChI is InChI=1S/C7H6BrClF2N2O.C2H6/c8-6-3(12)1-4(9)13-7(6)14-2-5(10)11;1-2/h1,5H,2H2,(H2,12,13);1-2H3. The summed E-state index contributed by atoms with van der Waals surface area (Å²) < 4.78 is 28.7. The van der Waals surface area contributed by atoms with Crippen LogP contribution in [-0.4, -0.2) is 18.0 Å². The smallest absolute Gasteiger partial charge is 0.272 e. The number of nitrogen functional groups attached to an aromatic ring is 1. The normalized spacial score (nSPS) is 9.69. The number of ether oxygens (including phenoxy) is 1. The van der Waals surface area contributed by atoms with E-state index in [9.17, 15) is 8.78 Å². The van der Waals surface area contributed by atoms with Crippen LogP contribution in [0, 0.1) is 0 Å². The molecule has 1 heterocycles. The van der Waals surface area contributed by atoms with Crippen molar-refractivity contribution in [2.45, 2.75) is 20.3 Å². The van der Waals surface area contributed by atoms with Crippen molar-refractivity contribution in [3.05, 3.63) is 15.7 Å². The molecule has 0 saturated heterocycles. The lowest BCUT2D eigenvalue weighted by Crippen LogP contribution is -2.09. The Bertz CT molecular complexity index is 340. The molecule has 0 radical (unpaired) electrons. The Labute approximate surface area is 106 Å². The summed E-state index contributed by atoms with van der Waals surface area (Å²) in [6.07, 6.45) is -2.57. The fourth-order valence-electron chi connectivity index (χ4n) is 0.731. The Balaban J connectivity index is 0.00000106. The second kappa shape index (κ2) is 7.62. The molecule has 0 spiro atoms. The number of alkyl halides is 2. The Kier molecular flexibility index (Phi) is 7.33. The van der Waals surface area contributed by atoms with Crippen LogP contribution in [0.2, 0.25) is 5.15 Å². The molecule has 0 bridgehead atoms. The van der Waals surface area contributed by atoms with Crippen molar-refractivity contribution in [3.63, 3.8) is 0 Å². The maximum absolute atomic E-state index is 11.8. The highest BCUT2D eigenvalue weighted by atomic mass is 79.9. The van der Waals surface area contributed by atoms with E-state index in [0.29, 0.717) is 4.47 Å². The van der Waals surface area contributed by atoms with E-state index in [1.807, 2.05) is 13.8 Å². The zero-order valence-corrected chi connectivity index (χ0v) is 11.1. The van der Waals surface area contributed by atoms with Gasteiger partial charge in [0.15, 0.2) is 6.61 Å². The molecule has 1 aromatic rings. The first-order valence-corrected chi connectivity index (χ1v) is 5.70. The molecule has 0 aliphatic carbocycles. The Morgan fingerprint density at radius 1 is 1.56 bits per heavy atom. The summed E-state index contributed by atoms with van der Waals surface area (Å²) in [5, 5.41) is 0.0926. The number of hydrogen-bond acceptors (Lipinski definition) is 3. The summed E-state index contributed by atoms with van der Waals surface area (Å²) >= 11 is 8.61. The highest BCUT2D eigenvalue weighted by Gasteiger charge is 2.11. The first-order chi connectivity index (χ1) is 7.50. The van der Waals surface area contributed by atoms with E-state index in [1.54, 1.807) is 0 Å². The molecular weight excluding hydrogens is 305 g/mol. The molecule has 0 amide bonds. The maximum atomic E-state index is 11.8. The number of nitrogens with zero attached hydrogens (tertiary/aromatic N) is 1. The van der Waals surface area contributed by atoms with Crippen LogP contribution in [0.3, 0.4) is 0 Å². The third kappa shape index (κ3) is 4.94. The number of pyridine rings is 1. The average molecular weight is 318 g/mol. The molecule has 1 rings (SSSR count). The molecule has 1 aromatic heterocycles. The van der Waals surface area contributed by atoms with Crippen molar-refractivity contribution >= 4 is 33.2 Å². The Morgan fingerprint density at radius 3 is 2.62 bits per heavy atom. The molecule has 0 saturated carbocycles. The van der Waals surface area contributed by atoms with Crippen molar-refractivity contribution in [2.24, 2.45) is 0 Å². The van der Waals surface area contributed by atoms with Gasteiger partial charge in [0.25, 0.3) is 6.43 Å². The van der Waals surface area contributed by atoms with Crippen LogP contribution in [0.5, 0.6) is 5.88 Å². The summed E-state index contributed by atoms with van der Waals surface area (Å²) in [6, 6.07) is 1.39. The zero-order valence-electron chi connectivity index (χ0n) is 8.81. The van der Waals surface area contributed by atoms with E-state index >= 15 is 0 Å². The third-order valence-electron chi connectivity index (χ3n) is 1.27. The van der Waals surface area contributed by atoms with Gasteiger partial charge in [-0.25, -0.2) is 13.8 Å². The maximum Gasteiger partial charge on any atom is 0.272 e. The summed E-state index contributed by atoms with van der Waals surface area (Å²) in [6.45, 7) is 3.26. The van der Waals surface area contributed by atoms with Crippen molar-refractivity contribution in [3.8, 4) is 5.88 Å². The van der Waals surface area contributed by atoms with E-state index < -0.39 is 13.0 Å². The number of anilines is 1. The highest BCUT2D eigenvalue weighted by molar-refractivity contribution is 9.10. The molecule has 2 N–H and O–H groups in total. The fourth-order valence-corrected chi connectivity index (χ4v) is 1.24. The summed E-state index contributed by atoms with van der Waals surface area (Å²) in [7, 11) is 0. The number of nitrogens with two attached hydrogens (primary N) is 1. The minimum atomic E-state index is -2.57. The monoisotopic (exact) mass is 316 g/mol. The highest BCUT2D eigenvalue weighted by Crippen LogP contribution is 2.31. The molecule has 3 nitrogen and oxygen atoms in total. The quantitative estimate of drug-likeness (QED) is 0.864. The van der Waals surface area contributed by atoms with Crippen LogP contribution >= 0.6 is 27.5 Å².